The third-order valence-electron chi connectivity index (χ3n) is 5.13. The van der Waals surface area contributed by atoms with Gasteiger partial charge in [-0.15, -0.1) is 0 Å². The molecule has 1 atom stereocenters. The molecule has 0 aliphatic carbocycles. The number of imidazole rings is 1. The third kappa shape index (κ3) is 5.01. The van der Waals surface area contributed by atoms with Crippen molar-refractivity contribution in [3.05, 3.63) is 65.6 Å². The monoisotopic (exact) mass is 499 g/mol. The lowest BCUT2D eigenvalue weighted by Crippen LogP contribution is -2.15. The van der Waals surface area contributed by atoms with Gasteiger partial charge in [0, 0.05) is 24.7 Å². The standard InChI is InChI=1S/C22H22ClN7O3S/c1-13(24-3)15-4-6-17(7-5-15)34(32,33)29-19-10-16(11-25-22(19)23)18-8-9-21-27-20(26-14(2)31)12-30(21)28-18/h4-13,24,29H,1-3H3,(H,26,31). The van der Waals surface area contributed by atoms with E-state index < -0.39 is 10.0 Å². The minimum atomic E-state index is -3.90. The predicted molar refractivity (Wildman–Crippen MR) is 130 cm³/mol. The molecule has 3 N–H and O–H groups in total. The second-order valence-electron chi connectivity index (χ2n) is 7.58. The van der Waals surface area contributed by atoms with Crippen molar-refractivity contribution in [1.82, 2.24) is 24.9 Å². The Labute approximate surface area is 201 Å². The Bertz CT molecular complexity index is 1470. The van der Waals surface area contributed by atoms with Gasteiger partial charge in [0.25, 0.3) is 10.0 Å². The fourth-order valence-corrected chi connectivity index (χ4v) is 4.51. The van der Waals surface area contributed by atoms with E-state index in [4.69, 9.17) is 11.6 Å². The van der Waals surface area contributed by atoms with Crippen molar-refractivity contribution in [3.8, 4) is 11.3 Å². The van der Waals surface area contributed by atoms with E-state index >= 15 is 0 Å². The molecule has 4 rings (SSSR count). The molecule has 0 aliphatic heterocycles. The molecule has 176 valence electrons. The SMILES string of the molecule is CNC(C)c1ccc(S(=O)(=O)Nc2cc(-c3ccc4nc(NC(C)=O)cn4n3)cnc2Cl)cc1. The number of anilines is 2. The maximum atomic E-state index is 12.9. The molecule has 0 aliphatic rings. The number of sulfonamides is 1. The zero-order valence-corrected chi connectivity index (χ0v) is 20.1. The van der Waals surface area contributed by atoms with E-state index in [9.17, 15) is 13.2 Å². The second-order valence-corrected chi connectivity index (χ2v) is 9.62. The molecule has 10 nitrogen and oxygen atoms in total. The summed E-state index contributed by atoms with van der Waals surface area (Å²) in [4.78, 5) is 19.7. The molecule has 0 saturated heterocycles. The van der Waals surface area contributed by atoms with Crippen molar-refractivity contribution in [2.75, 3.05) is 17.1 Å². The quantitative estimate of drug-likeness (QED) is 0.332. The average Bonchev–Trinajstić information content (AvgIpc) is 3.20. The molecule has 3 aromatic heterocycles. The van der Waals surface area contributed by atoms with Crippen LogP contribution in [0.25, 0.3) is 16.9 Å². The number of fused-ring (bicyclic) bond motifs is 1. The molecule has 1 unspecified atom stereocenters. The minimum absolute atomic E-state index is 0.00408. The van der Waals surface area contributed by atoms with Gasteiger partial charge >= 0.3 is 0 Å². The summed E-state index contributed by atoms with van der Waals surface area (Å²) in [6, 6.07) is 11.7. The van der Waals surface area contributed by atoms with Crippen LogP contribution in [0.4, 0.5) is 11.5 Å². The van der Waals surface area contributed by atoms with Gasteiger partial charge in [-0.2, -0.15) is 5.10 Å². The summed E-state index contributed by atoms with van der Waals surface area (Å²) >= 11 is 6.19. The molecule has 3 heterocycles. The Morgan fingerprint density at radius 1 is 1.15 bits per heavy atom. The lowest BCUT2D eigenvalue weighted by atomic mass is 10.1. The number of rotatable bonds is 7. The highest BCUT2D eigenvalue weighted by atomic mass is 35.5. The highest BCUT2D eigenvalue weighted by molar-refractivity contribution is 7.92. The molecule has 1 amide bonds. The summed E-state index contributed by atoms with van der Waals surface area (Å²) in [6.45, 7) is 3.37. The smallest absolute Gasteiger partial charge is 0.261 e. The van der Waals surface area contributed by atoms with E-state index in [2.05, 4.69) is 30.4 Å². The fraction of sp³-hybridized carbons (Fsp3) is 0.182. The van der Waals surface area contributed by atoms with Crippen molar-refractivity contribution < 1.29 is 13.2 Å². The van der Waals surface area contributed by atoms with E-state index in [1.165, 1.54) is 29.8 Å². The number of benzene rings is 1. The van der Waals surface area contributed by atoms with Gasteiger partial charge in [0.2, 0.25) is 5.91 Å². The van der Waals surface area contributed by atoms with Crippen LogP contribution < -0.4 is 15.4 Å². The average molecular weight is 500 g/mol. The molecule has 0 bridgehead atoms. The van der Waals surface area contributed by atoms with Crippen LogP contribution in [0.1, 0.15) is 25.5 Å². The number of hydrogen-bond acceptors (Lipinski definition) is 7. The lowest BCUT2D eigenvalue weighted by Gasteiger charge is -2.13. The van der Waals surface area contributed by atoms with Crippen molar-refractivity contribution in [1.29, 1.82) is 0 Å². The molecule has 0 saturated carbocycles. The Balaban J connectivity index is 1.62. The van der Waals surface area contributed by atoms with Crippen LogP contribution >= 0.6 is 11.6 Å². The number of aromatic nitrogens is 4. The van der Waals surface area contributed by atoms with Crippen LogP contribution in [0, 0.1) is 0 Å². The molecule has 4 aromatic rings. The second kappa shape index (κ2) is 9.37. The maximum absolute atomic E-state index is 12.9. The van der Waals surface area contributed by atoms with E-state index in [1.807, 2.05) is 14.0 Å². The Morgan fingerprint density at radius 2 is 1.88 bits per heavy atom. The summed E-state index contributed by atoms with van der Waals surface area (Å²) in [6.07, 6.45) is 3.07. The van der Waals surface area contributed by atoms with E-state index in [0.717, 1.165) is 5.56 Å². The predicted octanol–water partition coefficient (Wildman–Crippen LogP) is 3.48. The van der Waals surface area contributed by atoms with Gasteiger partial charge < -0.3 is 10.6 Å². The maximum Gasteiger partial charge on any atom is 0.261 e. The van der Waals surface area contributed by atoms with Crippen LogP contribution in [-0.4, -0.2) is 41.0 Å². The Hall–Kier alpha value is -3.54. The van der Waals surface area contributed by atoms with Crippen LogP contribution in [-0.2, 0) is 14.8 Å². The molecule has 0 spiro atoms. The van der Waals surface area contributed by atoms with E-state index in [0.29, 0.717) is 22.7 Å². The largest absolute Gasteiger partial charge is 0.313 e. The first-order chi connectivity index (χ1) is 16.2. The number of amides is 1. The van der Waals surface area contributed by atoms with Gasteiger partial charge in [0.15, 0.2) is 16.6 Å². The normalized spacial score (nSPS) is 12.5. The lowest BCUT2D eigenvalue weighted by molar-refractivity contribution is -0.114. The Morgan fingerprint density at radius 3 is 2.56 bits per heavy atom. The van der Waals surface area contributed by atoms with E-state index in [1.54, 1.807) is 36.5 Å². The van der Waals surface area contributed by atoms with Gasteiger partial charge in [-0.3, -0.25) is 9.52 Å². The van der Waals surface area contributed by atoms with Gasteiger partial charge in [-0.25, -0.2) is 22.9 Å². The number of nitrogens with zero attached hydrogens (tertiary/aromatic N) is 4. The van der Waals surface area contributed by atoms with Crippen molar-refractivity contribution in [2.24, 2.45) is 0 Å². The number of nitrogens with one attached hydrogen (secondary N) is 3. The van der Waals surface area contributed by atoms with Crippen LogP contribution in [0.5, 0.6) is 0 Å². The molecule has 34 heavy (non-hydrogen) atoms. The number of carbonyl (C=O) groups excluding carboxylic acids is 1. The highest BCUT2D eigenvalue weighted by Gasteiger charge is 2.18. The van der Waals surface area contributed by atoms with E-state index in [-0.39, 0.29) is 27.7 Å². The number of hydrogen-bond donors (Lipinski definition) is 3. The first-order valence-electron chi connectivity index (χ1n) is 10.3. The third-order valence-corrected chi connectivity index (χ3v) is 6.81. The first kappa shape index (κ1) is 23.6. The van der Waals surface area contributed by atoms with Crippen molar-refractivity contribution in [2.45, 2.75) is 24.8 Å². The van der Waals surface area contributed by atoms with Crippen LogP contribution in [0.15, 0.2) is 59.8 Å². The molecular weight excluding hydrogens is 478 g/mol. The minimum Gasteiger partial charge on any atom is -0.313 e. The highest BCUT2D eigenvalue weighted by Crippen LogP contribution is 2.28. The van der Waals surface area contributed by atoms with Gasteiger partial charge in [0.1, 0.15) is 0 Å². The summed E-state index contributed by atoms with van der Waals surface area (Å²) in [5, 5.41) is 10.2. The number of pyridine rings is 1. The number of halogens is 1. The number of carbonyl (C=O) groups is 1. The van der Waals surface area contributed by atoms with Crippen molar-refractivity contribution in [3.63, 3.8) is 0 Å². The summed E-state index contributed by atoms with van der Waals surface area (Å²) in [7, 11) is -2.06. The summed E-state index contributed by atoms with van der Waals surface area (Å²) < 4.78 is 29.9. The molecule has 12 heteroatoms. The zero-order chi connectivity index (χ0) is 24.5. The molecular formula is C22H22ClN7O3S. The summed E-state index contributed by atoms with van der Waals surface area (Å²) in [5.41, 5.74) is 2.67. The van der Waals surface area contributed by atoms with Crippen molar-refractivity contribution >= 4 is 44.7 Å². The fourth-order valence-electron chi connectivity index (χ4n) is 3.24. The van der Waals surface area contributed by atoms with Crippen LogP contribution in [0.2, 0.25) is 5.15 Å². The summed E-state index contributed by atoms with van der Waals surface area (Å²) in [5.74, 6) is 0.128. The Kier molecular flexibility index (Phi) is 6.51. The van der Waals surface area contributed by atoms with Gasteiger partial charge in [-0.05, 0) is 49.9 Å². The zero-order valence-electron chi connectivity index (χ0n) is 18.6. The van der Waals surface area contributed by atoms with Gasteiger partial charge in [-0.1, -0.05) is 23.7 Å². The first-order valence-corrected chi connectivity index (χ1v) is 12.1. The topological polar surface area (TPSA) is 130 Å². The molecule has 0 radical (unpaired) electrons. The van der Waals surface area contributed by atoms with Gasteiger partial charge in [0.05, 0.1) is 22.5 Å². The molecule has 1 aromatic carbocycles. The molecule has 0 fully saturated rings. The van der Waals surface area contributed by atoms with Crippen LogP contribution in [0.3, 0.4) is 0 Å².